The molecule has 6 nitrogen and oxygen atoms in total. The van der Waals surface area contributed by atoms with E-state index in [2.05, 4.69) is 10.3 Å². The van der Waals surface area contributed by atoms with E-state index < -0.39 is 23.4 Å². The molecule has 1 fully saturated rings. The van der Waals surface area contributed by atoms with Crippen molar-refractivity contribution in [1.29, 1.82) is 0 Å². The summed E-state index contributed by atoms with van der Waals surface area (Å²) in [5.74, 6) is -4.19. The predicted molar refractivity (Wildman–Crippen MR) is 121 cm³/mol. The van der Waals surface area contributed by atoms with E-state index in [9.17, 15) is 22.8 Å². The molecule has 0 bridgehead atoms. The molecule has 176 valence electrons. The second-order valence-electron chi connectivity index (χ2n) is 8.08. The number of halogens is 3. The molecule has 5 rings (SSSR count). The Balaban J connectivity index is 0.000000398. The van der Waals surface area contributed by atoms with Crippen LogP contribution in [0.4, 0.5) is 24.5 Å². The number of nitrogens with one attached hydrogen (secondary N) is 1. The fraction of sp³-hybridized carbons (Fsp3) is 0.240. The highest BCUT2D eigenvalue weighted by atomic mass is 19.2. The van der Waals surface area contributed by atoms with Crippen molar-refractivity contribution in [3.63, 3.8) is 0 Å². The summed E-state index contributed by atoms with van der Waals surface area (Å²) >= 11 is 0. The van der Waals surface area contributed by atoms with Gasteiger partial charge in [0.15, 0.2) is 17.5 Å². The highest BCUT2D eigenvalue weighted by Crippen LogP contribution is 2.36. The van der Waals surface area contributed by atoms with Gasteiger partial charge in [-0.2, -0.15) is 0 Å². The van der Waals surface area contributed by atoms with Crippen molar-refractivity contribution in [3.8, 4) is 0 Å². The Hall–Kier alpha value is -3.88. The molecule has 3 heterocycles. The average molecular weight is 468 g/mol. The lowest BCUT2D eigenvalue weighted by Crippen LogP contribution is -2.14. The average Bonchev–Trinajstić information content (AvgIpc) is 3.47. The van der Waals surface area contributed by atoms with Crippen LogP contribution < -0.4 is 16.0 Å². The fourth-order valence-corrected chi connectivity index (χ4v) is 4.15. The minimum absolute atomic E-state index is 0.157. The number of nitrogens with two attached hydrogens (primary N) is 1. The monoisotopic (exact) mass is 468 g/mol. The van der Waals surface area contributed by atoms with Gasteiger partial charge in [0.25, 0.3) is 0 Å². The molecule has 3 N–H and O–H groups in total. The number of hydrogen-bond donors (Lipinski definition) is 2. The van der Waals surface area contributed by atoms with Gasteiger partial charge in [-0.3, -0.25) is 14.6 Å². The number of aromatic nitrogens is 1. The largest absolute Gasteiger partial charge is 0.366 e. The van der Waals surface area contributed by atoms with E-state index in [1.54, 1.807) is 18.3 Å². The lowest BCUT2D eigenvalue weighted by Gasteiger charge is -2.20. The maximum absolute atomic E-state index is 13.5. The van der Waals surface area contributed by atoms with Crippen molar-refractivity contribution < 1.29 is 22.8 Å². The van der Waals surface area contributed by atoms with E-state index in [4.69, 9.17) is 5.73 Å². The summed E-state index contributed by atoms with van der Waals surface area (Å²) in [7, 11) is 0. The summed E-state index contributed by atoms with van der Waals surface area (Å²) in [6.07, 6.45) is 4.21. The van der Waals surface area contributed by atoms with Crippen LogP contribution in [-0.2, 0) is 17.6 Å². The number of benzene rings is 2. The predicted octanol–water partition coefficient (Wildman–Crippen LogP) is 3.78. The number of primary amides is 1. The molecule has 2 amide bonds. The molecule has 0 spiro atoms. The van der Waals surface area contributed by atoms with Gasteiger partial charge in [-0.15, -0.1) is 0 Å². The molecule has 2 aliphatic heterocycles. The molecular weight excluding hydrogens is 445 g/mol. The third-order valence-electron chi connectivity index (χ3n) is 5.74. The molecule has 0 saturated carbocycles. The Labute approximate surface area is 194 Å². The molecule has 3 aromatic rings. The molecule has 9 heteroatoms. The molecule has 2 aliphatic rings. The van der Waals surface area contributed by atoms with E-state index in [1.165, 1.54) is 0 Å². The van der Waals surface area contributed by atoms with Crippen molar-refractivity contribution in [3.05, 3.63) is 88.5 Å². The number of carbonyl (C=O) groups excluding carboxylic acids is 2. The number of anilines is 2. The second kappa shape index (κ2) is 9.94. The van der Waals surface area contributed by atoms with Gasteiger partial charge >= 0.3 is 0 Å². The minimum atomic E-state index is -1.48. The summed E-state index contributed by atoms with van der Waals surface area (Å²) < 4.78 is 40.1. The number of pyridine rings is 1. The normalized spacial score (nSPS) is 14.3. The Morgan fingerprint density at radius 1 is 1.09 bits per heavy atom. The van der Waals surface area contributed by atoms with Crippen LogP contribution in [-0.4, -0.2) is 29.9 Å². The van der Waals surface area contributed by atoms with Gasteiger partial charge in [0, 0.05) is 54.8 Å². The Kier molecular flexibility index (Phi) is 6.81. The van der Waals surface area contributed by atoms with Gasteiger partial charge < -0.3 is 16.0 Å². The van der Waals surface area contributed by atoms with Crippen LogP contribution in [0.25, 0.3) is 0 Å². The number of nitrogens with zero attached hydrogens (tertiary/aromatic N) is 2. The van der Waals surface area contributed by atoms with Crippen molar-refractivity contribution in [2.45, 2.75) is 25.7 Å². The van der Waals surface area contributed by atoms with Crippen LogP contribution in [0.5, 0.6) is 0 Å². The van der Waals surface area contributed by atoms with Crippen molar-refractivity contribution in [2.75, 3.05) is 18.0 Å². The van der Waals surface area contributed by atoms with Crippen LogP contribution in [0.3, 0.4) is 0 Å². The first kappa shape index (κ1) is 23.3. The molecule has 0 aliphatic carbocycles. The van der Waals surface area contributed by atoms with Crippen LogP contribution in [0.2, 0.25) is 0 Å². The minimum Gasteiger partial charge on any atom is -0.366 e. The van der Waals surface area contributed by atoms with Gasteiger partial charge in [-0.05, 0) is 60.4 Å². The summed E-state index contributed by atoms with van der Waals surface area (Å²) in [6.45, 7) is 1.56. The fourth-order valence-electron chi connectivity index (χ4n) is 4.15. The quantitative estimate of drug-likeness (QED) is 0.571. The van der Waals surface area contributed by atoms with Crippen molar-refractivity contribution in [1.82, 2.24) is 10.3 Å². The number of carbonyl (C=O) groups is 2. The van der Waals surface area contributed by atoms with Gasteiger partial charge in [0.2, 0.25) is 11.8 Å². The third-order valence-corrected chi connectivity index (χ3v) is 5.74. The Bertz CT molecular complexity index is 1220. The summed E-state index contributed by atoms with van der Waals surface area (Å²) in [5.41, 5.74) is 9.48. The molecule has 0 unspecified atom stereocenters. The zero-order valence-electron chi connectivity index (χ0n) is 18.3. The van der Waals surface area contributed by atoms with Crippen LogP contribution >= 0.6 is 0 Å². The van der Waals surface area contributed by atoms with Gasteiger partial charge in [-0.1, -0.05) is 6.07 Å². The molecule has 1 saturated heterocycles. The smallest absolute Gasteiger partial charge is 0.249 e. The first-order valence-corrected chi connectivity index (χ1v) is 10.9. The molecule has 0 radical (unpaired) electrons. The van der Waals surface area contributed by atoms with Crippen molar-refractivity contribution in [2.24, 2.45) is 5.73 Å². The van der Waals surface area contributed by atoms with E-state index in [0.717, 1.165) is 48.5 Å². The van der Waals surface area contributed by atoms with Crippen LogP contribution in [0.1, 0.15) is 40.0 Å². The number of rotatable bonds is 4. The molecule has 2 aromatic carbocycles. The molecule has 1 aromatic heterocycles. The van der Waals surface area contributed by atoms with Gasteiger partial charge in [-0.25, -0.2) is 13.2 Å². The number of amides is 2. The molecule has 34 heavy (non-hydrogen) atoms. The zero-order chi connectivity index (χ0) is 24.2. The van der Waals surface area contributed by atoms with Gasteiger partial charge in [0.1, 0.15) is 0 Å². The summed E-state index contributed by atoms with van der Waals surface area (Å²) in [6, 6.07) is 11.0. The SMILES string of the molecule is NC(=O)c1cccc2c1CCN2c1ccnc(Cc2cc(F)c(F)c(F)c2)c1.O=C1CCCN1. The zero-order valence-corrected chi connectivity index (χ0v) is 18.3. The van der Waals surface area contributed by atoms with Crippen LogP contribution in [0, 0.1) is 17.5 Å². The first-order valence-electron chi connectivity index (χ1n) is 10.9. The Morgan fingerprint density at radius 3 is 2.47 bits per heavy atom. The molecular formula is C25H23F3N4O2. The highest BCUT2D eigenvalue weighted by Gasteiger charge is 2.24. The van der Waals surface area contributed by atoms with Gasteiger partial charge in [0.05, 0.1) is 0 Å². The van der Waals surface area contributed by atoms with E-state index >= 15 is 0 Å². The van der Waals surface area contributed by atoms with E-state index in [-0.39, 0.29) is 12.3 Å². The van der Waals surface area contributed by atoms with Crippen LogP contribution in [0.15, 0.2) is 48.7 Å². The van der Waals surface area contributed by atoms with E-state index in [0.29, 0.717) is 29.8 Å². The van der Waals surface area contributed by atoms with Crippen molar-refractivity contribution >= 4 is 23.2 Å². The molecule has 0 atom stereocenters. The third kappa shape index (κ3) is 5.03. The first-order chi connectivity index (χ1) is 16.3. The topological polar surface area (TPSA) is 88.3 Å². The lowest BCUT2D eigenvalue weighted by molar-refractivity contribution is -0.119. The second-order valence-corrected chi connectivity index (χ2v) is 8.08. The number of hydrogen-bond acceptors (Lipinski definition) is 4. The van der Waals surface area contributed by atoms with E-state index in [1.807, 2.05) is 23.1 Å². The summed E-state index contributed by atoms with van der Waals surface area (Å²) in [5, 5.41) is 2.68. The lowest BCUT2D eigenvalue weighted by atomic mass is 10.0. The maximum Gasteiger partial charge on any atom is 0.249 e. The standard InChI is InChI=1S/C21H16F3N3O.C4H7NO/c22-17-9-12(10-18(23)20(17)24)8-13-11-14(4-6-26-13)27-7-5-15-16(21(25)28)2-1-3-19(15)27;6-4-2-1-3-5-4/h1-4,6,9-11H,5,7-8H2,(H2,25,28);1-3H2,(H,5,6). The maximum atomic E-state index is 13.5. The summed E-state index contributed by atoms with van der Waals surface area (Å²) in [4.78, 5) is 28.1. The number of fused-ring (bicyclic) bond motifs is 1. The Morgan fingerprint density at radius 2 is 1.85 bits per heavy atom. The highest BCUT2D eigenvalue weighted by molar-refractivity contribution is 5.97.